The fourth-order valence-electron chi connectivity index (χ4n) is 2.98. The van der Waals surface area contributed by atoms with Crippen LogP contribution in [0, 0.1) is 12.7 Å². The van der Waals surface area contributed by atoms with Gasteiger partial charge >= 0.3 is 0 Å². The summed E-state index contributed by atoms with van der Waals surface area (Å²) in [5.74, 6) is -0.973. The largest absolute Gasteiger partial charge is 0.320 e. The maximum atomic E-state index is 13.8. The zero-order chi connectivity index (χ0) is 20.5. The first-order chi connectivity index (χ1) is 13.9. The fourth-order valence-corrected chi connectivity index (χ4v) is 3.10. The van der Waals surface area contributed by atoms with Gasteiger partial charge in [0.05, 0.1) is 11.1 Å². The number of carbonyl (C=O) groups excluding carboxylic acids is 1. The summed E-state index contributed by atoms with van der Waals surface area (Å²) >= 11 is 5.93. The van der Waals surface area contributed by atoms with Crippen molar-refractivity contribution >= 4 is 34.0 Å². The maximum absolute atomic E-state index is 13.8. The summed E-state index contributed by atoms with van der Waals surface area (Å²) in [6.07, 6.45) is 0. The van der Waals surface area contributed by atoms with E-state index in [9.17, 15) is 14.0 Å². The van der Waals surface area contributed by atoms with Crippen molar-refractivity contribution in [2.75, 3.05) is 5.32 Å². The molecule has 0 spiro atoms. The van der Waals surface area contributed by atoms with Gasteiger partial charge in [-0.2, -0.15) is 9.78 Å². The van der Waals surface area contributed by atoms with E-state index in [0.29, 0.717) is 32.7 Å². The van der Waals surface area contributed by atoms with Crippen LogP contribution in [0.2, 0.25) is 5.02 Å². The average Bonchev–Trinajstić information content (AvgIpc) is 2.72. The molecule has 4 rings (SSSR count). The van der Waals surface area contributed by atoms with E-state index < -0.39 is 11.7 Å². The molecule has 0 bridgehead atoms. The van der Waals surface area contributed by atoms with Gasteiger partial charge in [0.25, 0.3) is 11.5 Å². The van der Waals surface area contributed by atoms with E-state index in [1.165, 1.54) is 6.07 Å². The molecule has 0 saturated carbocycles. The van der Waals surface area contributed by atoms with E-state index in [1.807, 2.05) is 0 Å². The molecule has 0 saturated heterocycles. The molecule has 1 aromatic heterocycles. The van der Waals surface area contributed by atoms with Gasteiger partial charge in [0.1, 0.15) is 5.82 Å². The highest BCUT2D eigenvalue weighted by Crippen LogP contribution is 2.19. The molecule has 3 aromatic carbocycles. The third-order valence-corrected chi connectivity index (χ3v) is 4.77. The first-order valence-electron chi connectivity index (χ1n) is 8.79. The van der Waals surface area contributed by atoms with Crippen LogP contribution >= 0.6 is 11.6 Å². The number of hydrogen-bond donors (Lipinski definition) is 1. The molecule has 0 aliphatic heterocycles. The number of carbonyl (C=O) groups is 1. The Hall–Kier alpha value is -3.51. The second-order valence-electron chi connectivity index (χ2n) is 6.51. The smallest absolute Gasteiger partial charge is 0.279 e. The Bertz CT molecular complexity index is 1300. The summed E-state index contributed by atoms with van der Waals surface area (Å²) in [5, 5.41) is 8.21. The van der Waals surface area contributed by atoms with Crippen molar-refractivity contribution in [2.45, 2.75) is 6.92 Å². The van der Waals surface area contributed by atoms with Gasteiger partial charge in [0, 0.05) is 16.1 Å². The number of halogens is 2. The van der Waals surface area contributed by atoms with Crippen LogP contribution in [0.1, 0.15) is 16.1 Å². The number of aryl methyl sites for hydroxylation is 1. The van der Waals surface area contributed by atoms with Crippen LogP contribution in [0.5, 0.6) is 0 Å². The van der Waals surface area contributed by atoms with Crippen LogP contribution in [0.4, 0.5) is 10.1 Å². The van der Waals surface area contributed by atoms with Crippen LogP contribution in [-0.4, -0.2) is 15.7 Å². The molecular formula is C22H15ClFN3O2. The molecule has 1 heterocycles. The molecule has 0 aliphatic carbocycles. The monoisotopic (exact) mass is 407 g/mol. The standard InChI is InChI=1S/C22H15ClFN3O2/c1-13-6-9-15(12-19(13)24)25-21(28)20-17-4-2-3-5-18(17)22(29)27(26-20)16-10-7-14(23)8-11-16/h2-12H,1H3,(H,25,28). The molecule has 0 unspecified atom stereocenters. The van der Waals surface area contributed by atoms with Crippen molar-refractivity contribution in [3.8, 4) is 5.69 Å². The van der Waals surface area contributed by atoms with Gasteiger partial charge < -0.3 is 5.32 Å². The number of rotatable bonds is 3. The van der Waals surface area contributed by atoms with Crippen LogP contribution in [-0.2, 0) is 0 Å². The number of benzene rings is 3. The Kier molecular flexibility index (Phi) is 4.86. The van der Waals surface area contributed by atoms with Crippen molar-refractivity contribution in [3.05, 3.63) is 99.2 Å². The summed E-state index contributed by atoms with van der Waals surface area (Å²) in [6, 6.07) is 17.7. The highest BCUT2D eigenvalue weighted by atomic mass is 35.5. The Balaban J connectivity index is 1.85. The fraction of sp³-hybridized carbons (Fsp3) is 0.0455. The molecule has 0 fully saturated rings. The van der Waals surface area contributed by atoms with E-state index in [0.717, 1.165) is 4.68 Å². The van der Waals surface area contributed by atoms with Gasteiger partial charge in [0.15, 0.2) is 5.69 Å². The third-order valence-electron chi connectivity index (χ3n) is 4.52. The molecule has 1 N–H and O–H groups in total. The number of amides is 1. The van der Waals surface area contributed by atoms with Crippen LogP contribution < -0.4 is 10.9 Å². The van der Waals surface area contributed by atoms with Gasteiger partial charge in [-0.25, -0.2) is 4.39 Å². The Morgan fingerprint density at radius 1 is 1.03 bits per heavy atom. The summed E-state index contributed by atoms with van der Waals surface area (Å²) < 4.78 is 15.0. The summed E-state index contributed by atoms with van der Waals surface area (Å²) in [6.45, 7) is 1.64. The van der Waals surface area contributed by atoms with Gasteiger partial charge in [-0.3, -0.25) is 9.59 Å². The predicted octanol–water partition coefficient (Wildman–Crippen LogP) is 4.74. The zero-order valence-electron chi connectivity index (χ0n) is 15.3. The van der Waals surface area contributed by atoms with Crippen LogP contribution in [0.3, 0.4) is 0 Å². The lowest BCUT2D eigenvalue weighted by Gasteiger charge is -2.12. The summed E-state index contributed by atoms with van der Waals surface area (Å²) in [5.41, 5.74) is 0.939. The van der Waals surface area contributed by atoms with Crippen LogP contribution in [0.15, 0.2) is 71.5 Å². The van der Waals surface area contributed by atoms with Crippen LogP contribution in [0.25, 0.3) is 16.5 Å². The number of nitrogens with zero attached hydrogens (tertiary/aromatic N) is 2. The molecule has 144 valence electrons. The lowest BCUT2D eigenvalue weighted by Crippen LogP contribution is -2.26. The highest BCUT2D eigenvalue weighted by molar-refractivity contribution is 6.30. The predicted molar refractivity (Wildman–Crippen MR) is 111 cm³/mol. The first kappa shape index (κ1) is 18.8. The third kappa shape index (κ3) is 3.62. The molecule has 0 radical (unpaired) electrons. The van der Waals surface area contributed by atoms with Crippen molar-refractivity contribution < 1.29 is 9.18 Å². The SMILES string of the molecule is Cc1ccc(NC(=O)c2nn(-c3ccc(Cl)cc3)c(=O)c3ccccc23)cc1F. The minimum Gasteiger partial charge on any atom is -0.320 e. The molecule has 29 heavy (non-hydrogen) atoms. The summed E-state index contributed by atoms with van der Waals surface area (Å²) in [4.78, 5) is 25.9. The maximum Gasteiger partial charge on any atom is 0.279 e. The molecule has 7 heteroatoms. The van der Waals surface area contributed by atoms with E-state index in [1.54, 1.807) is 67.6 Å². The topological polar surface area (TPSA) is 64.0 Å². The number of nitrogens with one attached hydrogen (secondary N) is 1. The van der Waals surface area contributed by atoms with E-state index >= 15 is 0 Å². The minimum absolute atomic E-state index is 0.0520. The van der Waals surface area contributed by atoms with Crippen molar-refractivity contribution in [2.24, 2.45) is 0 Å². The van der Waals surface area contributed by atoms with Gasteiger partial charge in [0.2, 0.25) is 0 Å². The second-order valence-corrected chi connectivity index (χ2v) is 6.94. The van der Waals surface area contributed by atoms with Gasteiger partial charge in [-0.05, 0) is 55.0 Å². The normalized spacial score (nSPS) is 10.9. The Morgan fingerprint density at radius 3 is 2.41 bits per heavy atom. The molecular weight excluding hydrogens is 393 g/mol. The molecule has 4 aromatic rings. The molecule has 1 amide bonds. The van der Waals surface area contributed by atoms with Gasteiger partial charge in [-0.15, -0.1) is 0 Å². The first-order valence-corrected chi connectivity index (χ1v) is 9.17. The molecule has 0 aliphatic rings. The Morgan fingerprint density at radius 2 is 1.72 bits per heavy atom. The van der Waals surface area contributed by atoms with Gasteiger partial charge in [-0.1, -0.05) is 35.9 Å². The molecule has 0 atom stereocenters. The van der Waals surface area contributed by atoms with Crippen molar-refractivity contribution in [3.63, 3.8) is 0 Å². The van der Waals surface area contributed by atoms with E-state index in [4.69, 9.17) is 11.6 Å². The highest BCUT2D eigenvalue weighted by Gasteiger charge is 2.18. The number of aromatic nitrogens is 2. The van der Waals surface area contributed by atoms with Crippen molar-refractivity contribution in [1.29, 1.82) is 0 Å². The van der Waals surface area contributed by atoms with E-state index in [-0.39, 0.29) is 11.3 Å². The quantitative estimate of drug-likeness (QED) is 0.533. The number of anilines is 1. The lowest BCUT2D eigenvalue weighted by molar-refractivity contribution is 0.102. The lowest BCUT2D eigenvalue weighted by atomic mass is 10.1. The minimum atomic E-state index is -0.549. The van der Waals surface area contributed by atoms with Crippen molar-refractivity contribution in [1.82, 2.24) is 9.78 Å². The second kappa shape index (κ2) is 7.48. The molecule has 5 nitrogen and oxygen atoms in total. The summed E-state index contributed by atoms with van der Waals surface area (Å²) in [7, 11) is 0. The average molecular weight is 408 g/mol. The number of fused-ring (bicyclic) bond motifs is 1. The zero-order valence-corrected chi connectivity index (χ0v) is 16.1. The Labute approximate surface area is 170 Å². The number of hydrogen-bond acceptors (Lipinski definition) is 3. The van der Waals surface area contributed by atoms with E-state index in [2.05, 4.69) is 10.4 Å².